The van der Waals surface area contributed by atoms with Gasteiger partial charge in [-0.05, 0) is 38.5 Å². The molecule has 1 amide bonds. The van der Waals surface area contributed by atoms with Crippen molar-refractivity contribution in [3.05, 3.63) is 12.2 Å². The highest BCUT2D eigenvalue weighted by atomic mass is 31.2. The molecule has 12 heteroatoms. The molecule has 0 fully saturated rings. The van der Waals surface area contributed by atoms with Crippen LogP contribution in [0.2, 0.25) is 0 Å². The van der Waals surface area contributed by atoms with Crippen molar-refractivity contribution < 1.29 is 47.8 Å². The Kier molecular flexibility index (Phi) is 37.8. The number of nitrogens with one attached hydrogen (secondary N) is 1. The van der Waals surface area contributed by atoms with Crippen LogP contribution in [0.15, 0.2) is 12.2 Å². The van der Waals surface area contributed by atoms with Gasteiger partial charge in [0.05, 0.1) is 13.2 Å². The lowest BCUT2D eigenvalue weighted by molar-refractivity contribution is -0.147. The van der Waals surface area contributed by atoms with Gasteiger partial charge in [-0.1, -0.05) is 174 Å². The zero-order valence-electron chi connectivity index (χ0n) is 35.0. The SMILES string of the molecule is CCCCCCCCC/C=C\CCCCCCCC(=O)OCC(O)COP(=O)(O)OCC(NC(=O)CCCCCCCCCCCCCCCCC)C(=O)O. The van der Waals surface area contributed by atoms with Crippen molar-refractivity contribution in [2.75, 3.05) is 19.8 Å². The average molecular weight is 804 g/mol. The first-order chi connectivity index (χ1) is 26.6. The molecule has 0 aromatic heterocycles. The number of unbranched alkanes of at least 4 members (excludes halogenated alkanes) is 26. The Bertz CT molecular complexity index is 995. The highest BCUT2D eigenvalue weighted by molar-refractivity contribution is 7.47. The summed E-state index contributed by atoms with van der Waals surface area (Å²) in [5, 5.41) is 21.8. The molecule has 0 saturated heterocycles. The molecule has 11 nitrogen and oxygen atoms in total. The molecule has 0 saturated carbocycles. The topological polar surface area (TPSA) is 169 Å². The molecule has 0 bridgehead atoms. The van der Waals surface area contributed by atoms with Crippen LogP contribution in [0.3, 0.4) is 0 Å². The molecule has 0 aliphatic heterocycles. The Hall–Kier alpha value is -1.78. The quantitative estimate of drug-likeness (QED) is 0.0202. The predicted molar refractivity (Wildman–Crippen MR) is 222 cm³/mol. The summed E-state index contributed by atoms with van der Waals surface area (Å²) in [5.41, 5.74) is 0. The fourth-order valence-corrected chi connectivity index (χ4v) is 7.08. The lowest BCUT2D eigenvalue weighted by Crippen LogP contribution is -2.43. The van der Waals surface area contributed by atoms with Gasteiger partial charge in [0, 0.05) is 12.8 Å². The normalized spacial score (nSPS) is 13.8. The van der Waals surface area contributed by atoms with E-state index >= 15 is 0 Å². The monoisotopic (exact) mass is 804 g/mol. The zero-order chi connectivity index (χ0) is 40.7. The molecular formula is C43H82NO10P. The van der Waals surface area contributed by atoms with Gasteiger partial charge in [0.1, 0.15) is 12.7 Å². The molecule has 0 heterocycles. The van der Waals surface area contributed by atoms with Crippen molar-refractivity contribution in [3.63, 3.8) is 0 Å². The van der Waals surface area contributed by atoms with Gasteiger partial charge in [0.2, 0.25) is 5.91 Å². The molecule has 324 valence electrons. The van der Waals surface area contributed by atoms with Gasteiger partial charge in [-0.15, -0.1) is 0 Å². The number of carbonyl (C=O) groups is 3. The third-order valence-corrected chi connectivity index (χ3v) is 10.8. The van der Waals surface area contributed by atoms with Crippen LogP contribution in [0, 0.1) is 0 Å². The number of aliphatic carboxylic acids is 1. The molecule has 4 N–H and O–H groups in total. The minimum absolute atomic E-state index is 0.150. The summed E-state index contributed by atoms with van der Waals surface area (Å²) in [6.07, 6.45) is 38.0. The number of ether oxygens (including phenoxy) is 1. The van der Waals surface area contributed by atoms with Gasteiger partial charge in [0.25, 0.3) is 0 Å². The van der Waals surface area contributed by atoms with Crippen molar-refractivity contribution in [3.8, 4) is 0 Å². The van der Waals surface area contributed by atoms with Crippen LogP contribution >= 0.6 is 7.82 Å². The average Bonchev–Trinajstić information content (AvgIpc) is 3.16. The van der Waals surface area contributed by atoms with E-state index in [1.807, 2.05) is 0 Å². The van der Waals surface area contributed by atoms with Gasteiger partial charge < -0.3 is 25.2 Å². The van der Waals surface area contributed by atoms with Crippen LogP contribution in [0.5, 0.6) is 0 Å². The summed E-state index contributed by atoms with van der Waals surface area (Å²) in [5.74, 6) is -2.37. The molecular weight excluding hydrogens is 721 g/mol. The minimum atomic E-state index is -4.75. The molecule has 0 aromatic carbocycles. The van der Waals surface area contributed by atoms with Gasteiger partial charge in [0.15, 0.2) is 6.04 Å². The third-order valence-electron chi connectivity index (χ3n) is 9.80. The summed E-state index contributed by atoms with van der Waals surface area (Å²) in [6, 6.07) is -1.54. The van der Waals surface area contributed by atoms with Crippen molar-refractivity contribution in [1.82, 2.24) is 5.32 Å². The summed E-state index contributed by atoms with van der Waals surface area (Å²) in [6.45, 7) is 2.60. The number of hydrogen-bond donors (Lipinski definition) is 4. The number of phosphoric acid groups is 1. The summed E-state index contributed by atoms with van der Waals surface area (Å²) >= 11 is 0. The summed E-state index contributed by atoms with van der Waals surface area (Å²) < 4.78 is 26.8. The van der Waals surface area contributed by atoms with Gasteiger partial charge in [-0.3, -0.25) is 18.6 Å². The number of rotatable bonds is 42. The number of allylic oxidation sites excluding steroid dienone is 2. The second-order valence-electron chi connectivity index (χ2n) is 15.2. The second-order valence-corrected chi connectivity index (χ2v) is 16.7. The number of carboxylic acids is 1. The standard InChI is InChI=1S/C43H82NO10P/c1-3-5-7-9-11-13-15-17-19-21-23-25-27-29-31-33-35-42(47)52-36-39(45)37-53-55(50,51)54-38-40(43(48)49)44-41(46)34-32-30-28-26-24-22-20-18-16-14-12-10-8-6-4-2/h19,21,39-40,45H,3-18,20,22-38H2,1-2H3,(H,44,46)(H,48,49)(H,50,51)/b21-19-. The molecule has 0 radical (unpaired) electrons. The van der Waals surface area contributed by atoms with Gasteiger partial charge >= 0.3 is 19.8 Å². The maximum absolute atomic E-state index is 12.3. The Morgan fingerprint density at radius 1 is 0.564 bits per heavy atom. The van der Waals surface area contributed by atoms with E-state index in [1.54, 1.807) is 0 Å². The molecule has 0 aromatic rings. The summed E-state index contributed by atoms with van der Waals surface area (Å²) in [4.78, 5) is 45.9. The van der Waals surface area contributed by atoms with E-state index in [1.165, 1.54) is 116 Å². The molecule has 3 unspecified atom stereocenters. The van der Waals surface area contributed by atoms with E-state index < -0.39 is 57.6 Å². The Morgan fingerprint density at radius 3 is 1.38 bits per heavy atom. The predicted octanol–water partition coefficient (Wildman–Crippen LogP) is 11.3. The van der Waals surface area contributed by atoms with Crippen molar-refractivity contribution in [2.45, 2.75) is 225 Å². The van der Waals surface area contributed by atoms with Crippen molar-refractivity contribution in [1.29, 1.82) is 0 Å². The maximum Gasteiger partial charge on any atom is 0.472 e. The van der Waals surface area contributed by atoms with E-state index in [4.69, 9.17) is 13.8 Å². The zero-order valence-corrected chi connectivity index (χ0v) is 35.9. The maximum atomic E-state index is 12.3. The highest BCUT2D eigenvalue weighted by Crippen LogP contribution is 2.43. The number of aliphatic hydroxyl groups excluding tert-OH is 1. The van der Waals surface area contributed by atoms with Gasteiger partial charge in [-0.25, -0.2) is 9.36 Å². The van der Waals surface area contributed by atoms with E-state index in [2.05, 4.69) is 31.3 Å². The first-order valence-corrected chi connectivity index (χ1v) is 23.7. The number of carbonyl (C=O) groups excluding carboxylic acids is 2. The van der Waals surface area contributed by atoms with E-state index in [9.17, 15) is 34.1 Å². The third kappa shape index (κ3) is 38.9. The van der Waals surface area contributed by atoms with Crippen molar-refractivity contribution in [2.24, 2.45) is 0 Å². The van der Waals surface area contributed by atoms with E-state index in [0.717, 1.165) is 57.8 Å². The largest absolute Gasteiger partial charge is 0.480 e. The number of carboxylic acid groups (broad SMARTS) is 1. The Morgan fingerprint density at radius 2 is 0.945 bits per heavy atom. The van der Waals surface area contributed by atoms with Crippen molar-refractivity contribution >= 4 is 25.7 Å². The van der Waals surface area contributed by atoms with Crippen LogP contribution in [-0.4, -0.2) is 64.9 Å². The molecule has 3 atom stereocenters. The fourth-order valence-electron chi connectivity index (χ4n) is 6.31. The number of phosphoric ester groups is 1. The van der Waals surface area contributed by atoms with E-state index in [0.29, 0.717) is 12.8 Å². The number of amides is 1. The molecule has 55 heavy (non-hydrogen) atoms. The van der Waals surface area contributed by atoms with Crippen LogP contribution in [0.25, 0.3) is 0 Å². The van der Waals surface area contributed by atoms with Crippen LogP contribution in [0.4, 0.5) is 0 Å². The molecule has 0 aliphatic rings. The second kappa shape index (κ2) is 39.1. The Balaban J connectivity index is 3.89. The number of esters is 1. The van der Waals surface area contributed by atoms with Crippen LogP contribution in [-0.2, 0) is 32.7 Å². The first kappa shape index (κ1) is 53.2. The molecule has 0 rings (SSSR count). The smallest absolute Gasteiger partial charge is 0.472 e. The minimum Gasteiger partial charge on any atom is -0.480 e. The van der Waals surface area contributed by atoms with Crippen LogP contribution in [0.1, 0.15) is 213 Å². The summed E-state index contributed by atoms with van der Waals surface area (Å²) in [7, 11) is -4.75. The first-order valence-electron chi connectivity index (χ1n) is 22.2. The highest BCUT2D eigenvalue weighted by Gasteiger charge is 2.28. The Labute approximate surface area is 335 Å². The van der Waals surface area contributed by atoms with E-state index in [-0.39, 0.29) is 12.8 Å². The lowest BCUT2D eigenvalue weighted by atomic mass is 10.0. The van der Waals surface area contributed by atoms with Gasteiger partial charge in [-0.2, -0.15) is 0 Å². The van der Waals surface area contributed by atoms with Crippen LogP contribution < -0.4 is 5.32 Å². The number of aliphatic hydroxyl groups is 1. The fraction of sp³-hybridized carbons (Fsp3) is 0.884. The lowest BCUT2D eigenvalue weighted by Gasteiger charge is -2.18. The molecule has 0 spiro atoms. The number of hydrogen-bond acceptors (Lipinski definition) is 8. The molecule has 0 aliphatic carbocycles.